The number of hydrogen-bond donors (Lipinski definition) is 1. The van der Waals surface area contributed by atoms with Crippen molar-refractivity contribution in [3.8, 4) is 17.1 Å². The standard InChI is InChI=1S/C17H19N5O2S/c1-3-18-16(23)21-9-8-13-14(10-21)25-17-19-15(20-22(13)17)11-4-6-12(24-2)7-5-11/h4-7H,3,8-10H2,1-2H3,(H,18,23). The van der Waals surface area contributed by atoms with Crippen LogP contribution in [0.5, 0.6) is 5.75 Å². The zero-order valence-electron chi connectivity index (χ0n) is 14.2. The van der Waals surface area contributed by atoms with Crippen LogP contribution >= 0.6 is 11.3 Å². The van der Waals surface area contributed by atoms with Gasteiger partial charge < -0.3 is 15.0 Å². The smallest absolute Gasteiger partial charge is 0.317 e. The molecule has 4 rings (SSSR count). The van der Waals surface area contributed by atoms with E-state index in [0.717, 1.165) is 33.3 Å². The first kappa shape index (κ1) is 15.9. The second-order valence-corrected chi connectivity index (χ2v) is 6.90. The van der Waals surface area contributed by atoms with Crippen LogP contribution in [0.1, 0.15) is 17.5 Å². The zero-order chi connectivity index (χ0) is 17.4. The number of nitrogens with zero attached hydrogens (tertiary/aromatic N) is 4. The highest BCUT2D eigenvalue weighted by molar-refractivity contribution is 7.17. The van der Waals surface area contributed by atoms with Crippen molar-refractivity contribution in [2.45, 2.75) is 19.9 Å². The maximum atomic E-state index is 12.0. The first-order chi connectivity index (χ1) is 12.2. The summed E-state index contributed by atoms with van der Waals surface area (Å²) in [6, 6.07) is 7.73. The Morgan fingerprint density at radius 3 is 2.88 bits per heavy atom. The molecule has 1 aliphatic heterocycles. The molecule has 0 unspecified atom stereocenters. The number of nitrogens with one attached hydrogen (secondary N) is 1. The lowest BCUT2D eigenvalue weighted by Crippen LogP contribution is -2.42. The van der Waals surface area contributed by atoms with Crippen LogP contribution in [0.3, 0.4) is 0 Å². The summed E-state index contributed by atoms with van der Waals surface area (Å²) < 4.78 is 7.11. The van der Waals surface area contributed by atoms with E-state index in [-0.39, 0.29) is 6.03 Å². The second-order valence-electron chi connectivity index (χ2n) is 5.84. The molecule has 3 aromatic rings. The molecule has 1 aromatic carbocycles. The minimum absolute atomic E-state index is 0.00827. The van der Waals surface area contributed by atoms with Crippen molar-refractivity contribution in [1.82, 2.24) is 24.8 Å². The average Bonchev–Trinajstić information content (AvgIpc) is 3.19. The maximum Gasteiger partial charge on any atom is 0.317 e. The highest BCUT2D eigenvalue weighted by Gasteiger charge is 2.26. The molecule has 1 N–H and O–H groups in total. The number of carbonyl (C=O) groups excluding carboxylic acids is 1. The van der Waals surface area contributed by atoms with Crippen molar-refractivity contribution in [3.05, 3.63) is 34.8 Å². The molecule has 2 amide bonds. The van der Waals surface area contributed by atoms with Gasteiger partial charge in [0, 0.05) is 30.0 Å². The fraction of sp³-hybridized carbons (Fsp3) is 0.353. The Labute approximate surface area is 149 Å². The van der Waals surface area contributed by atoms with Gasteiger partial charge in [-0.3, -0.25) is 0 Å². The lowest BCUT2D eigenvalue weighted by Gasteiger charge is -2.26. The number of thiazole rings is 1. The van der Waals surface area contributed by atoms with E-state index in [0.29, 0.717) is 25.5 Å². The SMILES string of the molecule is CCNC(=O)N1CCc2c(sc3nc(-c4ccc(OC)cc4)nn23)C1. The number of carbonyl (C=O) groups is 1. The minimum atomic E-state index is -0.00827. The molecule has 0 saturated carbocycles. The number of methoxy groups -OCH3 is 1. The van der Waals surface area contributed by atoms with Crippen LogP contribution in [-0.4, -0.2) is 45.7 Å². The maximum absolute atomic E-state index is 12.0. The molecule has 130 valence electrons. The number of benzene rings is 1. The Morgan fingerprint density at radius 1 is 1.36 bits per heavy atom. The Hall–Kier alpha value is -2.61. The largest absolute Gasteiger partial charge is 0.497 e. The van der Waals surface area contributed by atoms with Gasteiger partial charge in [-0.2, -0.15) is 4.98 Å². The van der Waals surface area contributed by atoms with Crippen molar-refractivity contribution < 1.29 is 9.53 Å². The lowest BCUT2D eigenvalue weighted by atomic mass is 10.2. The molecular weight excluding hydrogens is 338 g/mol. The summed E-state index contributed by atoms with van der Waals surface area (Å²) in [6.07, 6.45) is 0.790. The van der Waals surface area contributed by atoms with E-state index < -0.39 is 0 Å². The van der Waals surface area contributed by atoms with Crippen molar-refractivity contribution >= 4 is 22.3 Å². The molecule has 3 heterocycles. The van der Waals surface area contributed by atoms with Crippen LogP contribution < -0.4 is 10.1 Å². The number of urea groups is 1. The number of rotatable bonds is 3. The molecule has 2 aromatic heterocycles. The van der Waals surface area contributed by atoms with E-state index in [1.807, 2.05) is 40.6 Å². The average molecular weight is 357 g/mol. The third-order valence-electron chi connectivity index (χ3n) is 4.29. The predicted molar refractivity (Wildman–Crippen MR) is 96.0 cm³/mol. The van der Waals surface area contributed by atoms with Gasteiger partial charge in [-0.25, -0.2) is 9.31 Å². The van der Waals surface area contributed by atoms with Crippen LogP contribution in [0.2, 0.25) is 0 Å². The number of amides is 2. The molecule has 0 bridgehead atoms. The highest BCUT2D eigenvalue weighted by atomic mass is 32.1. The lowest BCUT2D eigenvalue weighted by molar-refractivity contribution is 0.193. The van der Waals surface area contributed by atoms with Crippen molar-refractivity contribution in [2.24, 2.45) is 0 Å². The molecule has 0 saturated heterocycles. The van der Waals surface area contributed by atoms with Crippen LogP contribution in [0.4, 0.5) is 4.79 Å². The van der Waals surface area contributed by atoms with Gasteiger partial charge in [-0.05, 0) is 31.2 Å². The number of aromatic nitrogens is 3. The van der Waals surface area contributed by atoms with Crippen LogP contribution in [0.15, 0.2) is 24.3 Å². The van der Waals surface area contributed by atoms with Crippen LogP contribution in [-0.2, 0) is 13.0 Å². The second kappa shape index (κ2) is 6.36. The van der Waals surface area contributed by atoms with E-state index in [1.165, 1.54) is 0 Å². The number of ether oxygens (including phenoxy) is 1. The van der Waals surface area contributed by atoms with Crippen LogP contribution in [0.25, 0.3) is 16.3 Å². The molecule has 25 heavy (non-hydrogen) atoms. The van der Waals surface area contributed by atoms with E-state index in [9.17, 15) is 4.79 Å². The normalized spacial score (nSPS) is 13.8. The van der Waals surface area contributed by atoms with Crippen molar-refractivity contribution in [2.75, 3.05) is 20.2 Å². The van der Waals surface area contributed by atoms with Crippen LogP contribution in [0, 0.1) is 0 Å². The Kier molecular flexibility index (Phi) is 4.04. The first-order valence-electron chi connectivity index (χ1n) is 8.24. The molecule has 8 heteroatoms. The highest BCUT2D eigenvalue weighted by Crippen LogP contribution is 2.30. The summed E-state index contributed by atoms with van der Waals surface area (Å²) in [6.45, 7) is 3.89. The van der Waals surface area contributed by atoms with E-state index >= 15 is 0 Å². The fourth-order valence-electron chi connectivity index (χ4n) is 2.99. The molecule has 1 aliphatic rings. The number of fused-ring (bicyclic) bond motifs is 3. The van der Waals surface area contributed by atoms with E-state index in [2.05, 4.69) is 15.4 Å². The summed E-state index contributed by atoms with van der Waals surface area (Å²) in [5.74, 6) is 1.52. The molecule has 0 atom stereocenters. The molecule has 0 fully saturated rings. The predicted octanol–water partition coefficient (Wildman–Crippen LogP) is 2.55. The molecule has 0 spiro atoms. The monoisotopic (exact) mass is 357 g/mol. The fourth-order valence-corrected chi connectivity index (χ4v) is 4.10. The molecular formula is C17H19N5O2S. The quantitative estimate of drug-likeness (QED) is 0.782. The summed E-state index contributed by atoms with van der Waals surface area (Å²) >= 11 is 1.61. The zero-order valence-corrected chi connectivity index (χ0v) is 15.0. The third-order valence-corrected chi connectivity index (χ3v) is 5.34. The Morgan fingerprint density at radius 2 is 2.16 bits per heavy atom. The van der Waals surface area contributed by atoms with Gasteiger partial charge in [0.15, 0.2) is 5.82 Å². The third kappa shape index (κ3) is 2.82. The van der Waals surface area contributed by atoms with Gasteiger partial charge in [0.1, 0.15) is 5.75 Å². The van der Waals surface area contributed by atoms with Crippen molar-refractivity contribution in [1.29, 1.82) is 0 Å². The molecule has 7 nitrogen and oxygen atoms in total. The van der Waals surface area contributed by atoms with Gasteiger partial charge in [0.25, 0.3) is 0 Å². The summed E-state index contributed by atoms with van der Waals surface area (Å²) in [5, 5.41) is 7.53. The topological polar surface area (TPSA) is 71.8 Å². The van der Waals surface area contributed by atoms with Gasteiger partial charge in [-0.15, -0.1) is 5.10 Å². The van der Waals surface area contributed by atoms with E-state index in [1.54, 1.807) is 18.4 Å². The summed E-state index contributed by atoms with van der Waals surface area (Å²) in [4.78, 5) is 20.6. The Bertz CT molecular complexity index is 915. The van der Waals surface area contributed by atoms with E-state index in [4.69, 9.17) is 4.74 Å². The van der Waals surface area contributed by atoms with Gasteiger partial charge in [-0.1, -0.05) is 11.3 Å². The molecule has 0 aliphatic carbocycles. The van der Waals surface area contributed by atoms with Crippen molar-refractivity contribution in [3.63, 3.8) is 0 Å². The summed E-state index contributed by atoms with van der Waals surface area (Å²) in [5.41, 5.74) is 2.12. The first-order valence-corrected chi connectivity index (χ1v) is 9.05. The van der Waals surface area contributed by atoms with Gasteiger partial charge >= 0.3 is 6.03 Å². The van der Waals surface area contributed by atoms with Gasteiger partial charge in [0.05, 0.1) is 19.3 Å². The molecule has 0 radical (unpaired) electrons. The number of hydrogen-bond acceptors (Lipinski definition) is 5. The summed E-state index contributed by atoms with van der Waals surface area (Å²) in [7, 11) is 1.65. The minimum Gasteiger partial charge on any atom is -0.497 e. The Balaban J connectivity index is 1.62. The van der Waals surface area contributed by atoms with Gasteiger partial charge in [0.2, 0.25) is 4.96 Å².